The van der Waals surface area contributed by atoms with E-state index in [-0.39, 0.29) is 41.0 Å². The summed E-state index contributed by atoms with van der Waals surface area (Å²) in [5, 5.41) is 11.8. The summed E-state index contributed by atoms with van der Waals surface area (Å²) < 4.78 is 18.7. The number of rotatable bonds is 8. The second-order valence-corrected chi connectivity index (χ2v) is 9.81. The maximum atomic E-state index is 14.2. The van der Waals surface area contributed by atoms with Crippen LogP contribution in [-0.4, -0.2) is 31.9 Å². The van der Waals surface area contributed by atoms with Gasteiger partial charge in [0.25, 0.3) is 22.7 Å². The fraction of sp³-hybridized carbons (Fsp3) is 0.143. The molecule has 0 radical (unpaired) electrons. The summed E-state index contributed by atoms with van der Waals surface area (Å²) in [5.41, 5.74) is 6.54. The molecule has 43 heavy (non-hydrogen) atoms. The topological polar surface area (TPSA) is 215 Å². The number of nitrogen functional groups attached to an aromatic ring is 1. The molecule has 5 aromatic rings. The number of carbonyl (C=O) groups excluding carboxylic acids is 2. The molecule has 6 N–H and O–H groups in total. The number of fused-ring (bicyclic) bond motifs is 1. The summed E-state index contributed by atoms with van der Waals surface area (Å²) in [4.78, 5) is 70.5. The summed E-state index contributed by atoms with van der Waals surface area (Å²) in [5.74, 6) is -2.12. The van der Waals surface area contributed by atoms with Crippen LogP contribution in [0.1, 0.15) is 50.1 Å². The van der Waals surface area contributed by atoms with E-state index in [2.05, 4.69) is 40.6 Å². The monoisotopic (exact) mass is 584 g/mol. The number of hydrogen-bond donors (Lipinski definition) is 5. The Balaban J connectivity index is 1.09. The van der Waals surface area contributed by atoms with Crippen molar-refractivity contribution < 1.29 is 18.5 Å². The molecular formula is C28H21FN8O6. The van der Waals surface area contributed by atoms with Gasteiger partial charge in [0.1, 0.15) is 34.9 Å². The number of benzene rings is 2. The zero-order valence-electron chi connectivity index (χ0n) is 22.1. The molecule has 0 saturated carbocycles. The van der Waals surface area contributed by atoms with Gasteiger partial charge >= 0.3 is 5.76 Å². The summed E-state index contributed by atoms with van der Waals surface area (Å²) in [7, 11) is 0. The molecule has 216 valence electrons. The fourth-order valence-electron chi connectivity index (χ4n) is 4.88. The largest absolute Gasteiger partial charge is 0.439 e. The molecule has 0 saturated heterocycles. The summed E-state index contributed by atoms with van der Waals surface area (Å²) in [6.45, 7) is -0.110. The number of aromatic nitrogens is 4. The predicted octanol–water partition coefficient (Wildman–Crippen LogP) is 1.23. The van der Waals surface area contributed by atoms with E-state index in [0.717, 1.165) is 23.5 Å². The number of carbonyl (C=O) groups is 2. The predicted molar refractivity (Wildman–Crippen MR) is 150 cm³/mol. The summed E-state index contributed by atoms with van der Waals surface area (Å²) in [6.07, 6.45) is 2.41. The van der Waals surface area contributed by atoms with E-state index in [9.17, 15) is 28.4 Å². The molecule has 2 heterocycles. The van der Waals surface area contributed by atoms with E-state index in [4.69, 9.17) is 5.73 Å². The molecule has 2 amide bonds. The molecule has 0 unspecified atom stereocenters. The van der Waals surface area contributed by atoms with Gasteiger partial charge in [-0.2, -0.15) is 0 Å². The van der Waals surface area contributed by atoms with Crippen LogP contribution in [-0.2, 0) is 13.0 Å². The number of aromatic amines is 1. The number of nitrogens with zero attached hydrogens (tertiary/aromatic N) is 3. The van der Waals surface area contributed by atoms with Crippen LogP contribution in [0.15, 0.2) is 67.7 Å². The Morgan fingerprint density at radius 1 is 1.02 bits per heavy atom. The minimum atomic E-state index is -0.810. The fourth-order valence-corrected chi connectivity index (χ4v) is 4.88. The van der Waals surface area contributed by atoms with Crippen LogP contribution < -0.4 is 38.3 Å². The number of halogens is 1. The molecule has 6 rings (SSSR count). The number of nitrogens with two attached hydrogens (primary N) is 1. The van der Waals surface area contributed by atoms with E-state index < -0.39 is 34.2 Å². The minimum absolute atomic E-state index is 0.0202. The van der Waals surface area contributed by atoms with Gasteiger partial charge in [0, 0.05) is 23.9 Å². The van der Waals surface area contributed by atoms with Crippen molar-refractivity contribution in [3.63, 3.8) is 0 Å². The standard InChI is InChI=1S/C28H21FN8O6/c29-15-5-12(6-16(8-15)34-22-21(30)23(38)24(22)39)10-31-26(40)19-9-20(33-11-32-19)27(41)35-18-4-2-13-7-14(1-3-17(13)18)25-36-28(42)43-37-25/h1,3,5-9,11,18,34H,2,4,10,30H2,(H,31,40)(H,35,41)(H,36,37,42)/t18-/m0/s1. The molecule has 2 aromatic heterocycles. The molecule has 1 atom stereocenters. The lowest BCUT2D eigenvalue weighted by Gasteiger charge is -2.14. The van der Waals surface area contributed by atoms with E-state index in [1.807, 2.05) is 12.1 Å². The lowest BCUT2D eigenvalue weighted by Crippen LogP contribution is -2.36. The first-order valence-corrected chi connectivity index (χ1v) is 12.9. The highest BCUT2D eigenvalue weighted by Gasteiger charge is 2.26. The van der Waals surface area contributed by atoms with Crippen LogP contribution in [0.4, 0.5) is 21.5 Å². The highest BCUT2D eigenvalue weighted by molar-refractivity contribution is 5.97. The van der Waals surface area contributed by atoms with Crippen molar-refractivity contribution >= 4 is 28.9 Å². The second-order valence-electron chi connectivity index (χ2n) is 9.81. The van der Waals surface area contributed by atoms with Crippen molar-refractivity contribution in [2.75, 3.05) is 11.1 Å². The Kier molecular flexibility index (Phi) is 6.81. The van der Waals surface area contributed by atoms with Gasteiger partial charge < -0.3 is 21.7 Å². The molecule has 0 aliphatic heterocycles. The van der Waals surface area contributed by atoms with E-state index >= 15 is 0 Å². The molecule has 14 nitrogen and oxygen atoms in total. The summed E-state index contributed by atoms with van der Waals surface area (Å²) >= 11 is 0. The highest BCUT2D eigenvalue weighted by Crippen LogP contribution is 2.33. The Morgan fingerprint density at radius 2 is 1.81 bits per heavy atom. The Morgan fingerprint density at radius 3 is 2.56 bits per heavy atom. The first kappa shape index (κ1) is 27.2. The number of nitrogens with one attached hydrogen (secondary N) is 4. The van der Waals surface area contributed by atoms with Gasteiger partial charge in [-0.25, -0.2) is 19.2 Å². The van der Waals surface area contributed by atoms with Crippen molar-refractivity contribution in [3.8, 4) is 11.4 Å². The van der Waals surface area contributed by atoms with Gasteiger partial charge in [-0.05, 0) is 53.8 Å². The molecule has 1 aliphatic carbocycles. The van der Waals surface area contributed by atoms with Crippen LogP contribution in [0, 0.1) is 5.82 Å². The lowest BCUT2D eigenvalue weighted by atomic mass is 10.0. The Hall–Kier alpha value is -5.99. The SMILES string of the molecule is Nc1c(Nc2cc(F)cc(CNC(=O)c3cc(C(=O)N[C@H]4CCc5cc(-c6noc(=O)[nH]6)ccc54)ncn3)c2)c(=O)c1=O. The number of aryl methyl sites for hydroxylation is 1. The molecule has 15 heteroatoms. The van der Waals surface area contributed by atoms with Crippen LogP contribution in [0.2, 0.25) is 0 Å². The first-order valence-electron chi connectivity index (χ1n) is 12.9. The average Bonchev–Trinajstić information content (AvgIpc) is 3.63. The van der Waals surface area contributed by atoms with Gasteiger partial charge in [-0.1, -0.05) is 17.3 Å². The minimum Gasteiger partial charge on any atom is -0.394 e. The van der Waals surface area contributed by atoms with E-state index in [1.165, 1.54) is 18.2 Å². The Labute approximate surface area is 239 Å². The second kappa shape index (κ2) is 10.8. The van der Waals surface area contributed by atoms with E-state index in [1.54, 1.807) is 6.07 Å². The third-order valence-electron chi connectivity index (χ3n) is 7.00. The number of H-pyrrole nitrogens is 1. The van der Waals surface area contributed by atoms with Gasteiger partial charge in [-0.15, -0.1) is 0 Å². The van der Waals surface area contributed by atoms with Gasteiger partial charge in [0.2, 0.25) is 0 Å². The van der Waals surface area contributed by atoms with Crippen LogP contribution in [0.25, 0.3) is 11.4 Å². The van der Waals surface area contributed by atoms with E-state index in [0.29, 0.717) is 29.8 Å². The zero-order valence-corrected chi connectivity index (χ0v) is 22.1. The molecule has 3 aromatic carbocycles. The molecule has 0 fully saturated rings. The highest BCUT2D eigenvalue weighted by atomic mass is 19.1. The smallest absolute Gasteiger partial charge is 0.394 e. The first-order chi connectivity index (χ1) is 20.7. The number of anilines is 3. The quantitative estimate of drug-likeness (QED) is 0.163. The van der Waals surface area contributed by atoms with Crippen LogP contribution in [0.3, 0.4) is 0 Å². The zero-order chi connectivity index (χ0) is 30.2. The van der Waals surface area contributed by atoms with Crippen molar-refractivity contribution in [2.45, 2.75) is 25.4 Å². The molecule has 0 bridgehead atoms. The van der Waals surface area contributed by atoms with Crippen molar-refractivity contribution in [1.82, 2.24) is 30.7 Å². The van der Waals surface area contributed by atoms with Crippen molar-refractivity contribution in [3.05, 3.63) is 114 Å². The molecular weight excluding hydrogens is 563 g/mol. The van der Waals surface area contributed by atoms with Crippen LogP contribution >= 0.6 is 0 Å². The van der Waals surface area contributed by atoms with Gasteiger partial charge in [-0.3, -0.25) is 28.7 Å². The third kappa shape index (κ3) is 5.38. The Bertz CT molecular complexity index is 2040. The third-order valence-corrected chi connectivity index (χ3v) is 7.00. The van der Waals surface area contributed by atoms with Gasteiger partial charge in [0.05, 0.1) is 6.04 Å². The average molecular weight is 585 g/mol. The summed E-state index contributed by atoms with van der Waals surface area (Å²) in [6, 6.07) is 10.2. The van der Waals surface area contributed by atoms with Crippen molar-refractivity contribution in [1.29, 1.82) is 0 Å². The molecule has 0 spiro atoms. The lowest BCUT2D eigenvalue weighted by molar-refractivity contribution is 0.0931. The number of amides is 2. The maximum absolute atomic E-state index is 14.2. The van der Waals surface area contributed by atoms with Gasteiger partial charge in [0.15, 0.2) is 5.82 Å². The van der Waals surface area contributed by atoms with Crippen molar-refractivity contribution in [2.24, 2.45) is 0 Å². The number of hydrogen-bond acceptors (Lipinski definition) is 11. The van der Waals surface area contributed by atoms with Crippen LogP contribution in [0.5, 0.6) is 0 Å². The molecule has 1 aliphatic rings. The maximum Gasteiger partial charge on any atom is 0.439 e. The normalized spacial score (nSPS) is 13.9.